The molecule has 0 bridgehead atoms. The molecular weight excluding hydrogens is 226 g/mol. The van der Waals surface area contributed by atoms with Crippen molar-refractivity contribution in [1.82, 2.24) is 9.78 Å². The molecule has 4 nitrogen and oxygen atoms in total. The van der Waals surface area contributed by atoms with Crippen molar-refractivity contribution in [2.75, 3.05) is 0 Å². The Morgan fingerprint density at radius 3 is 2.69 bits per heavy atom. The normalized spacial score (nSPS) is 12.8. The number of carbonyl (C=O) groups is 1. The smallest absolute Gasteiger partial charge is 0.138 e. The van der Waals surface area contributed by atoms with Crippen molar-refractivity contribution >= 4 is 17.4 Å². The van der Waals surface area contributed by atoms with Crippen LogP contribution >= 0.6 is 11.6 Å². The van der Waals surface area contributed by atoms with Crippen molar-refractivity contribution in [3.63, 3.8) is 0 Å². The number of nitrogens with two attached hydrogens (primary N) is 1. The van der Waals surface area contributed by atoms with Crippen LogP contribution in [-0.4, -0.2) is 21.6 Å². The van der Waals surface area contributed by atoms with Crippen LogP contribution in [0.25, 0.3) is 0 Å². The summed E-state index contributed by atoms with van der Waals surface area (Å²) in [5.74, 6) is 0.155. The number of hydrogen-bond donors (Lipinski definition) is 1. The van der Waals surface area contributed by atoms with E-state index in [1.165, 1.54) is 0 Å². The summed E-state index contributed by atoms with van der Waals surface area (Å²) >= 11 is 6.06. The first-order valence-electron chi connectivity index (χ1n) is 5.37. The highest BCUT2D eigenvalue weighted by molar-refractivity contribution is 6.32. The minimum absolute atomic E-state index is 0.0627. The highest BCUT2D eigenvalue weighted by Gasteiger charge is 2.14. The minimum Gasteiger partial charge on any atom is -0.328 e. The molecule has 0 amide bonds. The van der Waals surface area contributed by atoms with E-state index in [1.807, 2.05) is 13.8 Å². The number of Topliss-reactive ketones (excluding diaryl/α,β-unsaturated/α-hetero) is 1. The Hall–Kier alpha value is -0.870. The molecule has 0 aliphatic carbocycles. The second-order valence-corrected chi connectivity index (χ2v) is 4.58. The highest BCUT2D eigenvalue weighted by Crippen LogP contribution is 2.20. The molecule has 1 aromatic heterocycles. The maximum atomic E-state index is 11.7. The summed E-state index contributed by atoms with van der Waals surface area (Å²) in [4.78, 5) is 11.7. The van der Waals surface area contributed by atoms with E-state index in [0.29, 0.717) is 24.3 Å². The van der Waals surface area contributed by atoms with Crippen molar-refractivity contribution in [1.29, 1.82) is 0 Å². The third kappa shape index (κ3) is 3.32. The van der Waals surface area contributed by atoms with E-state index in [9.17, 15) is 4.79 Å². The number of aromatic nitrogens is 2. The highest BCUT2D eigenvalue weighted by atomic mass is 35.5. The molecule has 1 heterocycles. The van der Waals surface area contributed by atoms with Crippen molar-refractivity contribution in [3.8, 4) is 0 Å². The standard InChI is InChI=1S/C11H18ClN3O/c1-7(13)4-5-9(16)6-10-11(12)8(2)14-15(10)3/h7H,4-6,13H2,1-3H3. The first-order valence-corrected chi connectivity index (χ1v) is 5.75. The number of carbonyl (C=O) groups excluding carboxylic acids is 1. The van der Waals surface area contributed by atoms with Crippen LogP contribution in [0, 0.1) is 6.92 Å². The lowest BCUT2D eigenvalue weighted by molar-refractivity contribution is -0.118. The zero-order valence-electron chi connectivity index (χ0n) is 9.96. The fourth-order valence-corrected chi connectivity index (χ4v) is 1.76. The fourth-order valence-electron chi connectivity index (χ4n) is 1.54. The zero-order chi connectivity index (χ0) is 12.3. The molecule has 0 aliphatic heterocycles. The monoisotopic (exact) mass is 243 g/mol. The first-order chi connectivity index (χ1) is 7.41. The Balaban J connectivity index is 2.63. The van der Waals surface area contributed by atoms with Crippen LogP contribution in [0.2, 0.25) is 5.02 Å². The number of halogens is 1. The summed E-state index contributed by atoms with van der Waals surface area (Å²) in [6, 6.07) is 0.0627. The molecular formula is C11H18ClN3O. The van der Waals surface area contributed by atoms with Gasteiger partial charge in [-0.25, -0.2) is 0 Å². The van der Waals surface area contributed by atoms with Crippen LogP contribution in [0.3, 0.4) is 0 Å². The van der Waals surface area contributed by atoms with Gasteiger partial charge in [0.1, 0.15) is 5.78 Å². The predicted octanol–water partition coefficient (Wildman–Crippen LogP) is 1.62. The van der Waals surface area contributed by atoms with Crippen molar-refractivity contribution in [3.05, 3.63) is 16.4 Å². The van der Waals surface area contributed by atoms with E-state index in [0.717, 1.165) is 11.4 Å². The largest absolute Gasteiger partial charge is 0.328 e. The lowest BCUT2D eigenvalue weighted by Gasteiger charge is -2.05. The van der Waals surface area contributed by atoms with Gasteiger partial charge in [-0.3, -0.25) is 9.48 Å². The molecule has 1 aromatic rings. The third-order valence-electron chi connectivity index (χ3n) is 2.50. The number of aryl methyl sites for hydroxylation is 2. The summed E-state index contributed by atoms with van der Waals surface area (Å²) < 4.78 is 1.67. The molecule has 1 unspecified atom stereocenters. The second kappa shape index (κ2) is 5.46. The molecule has 5 heteroatoms. The predicted molar refractivity (Wildman–Crippen MR) is 64.5 cm³/mol. The molecule has 0 saturated heterocycles. The van der Waals surface area contributed by atoms with Gasteiger partial charge >= 0.3 is 0 Å². The minimum atomic E-state index is 0.0627. The van der Waals surface area contributed by atoms with Gasteiger partial charge in [-0.1, -0.05) is 11.6 Å². The van der Waals surface area contributed by atoms with Gasteiger partial charge in [-0.2, -0.15) is 5.10 Å². The molecule has 0 radical (unpaired) electrons. The summed E-state index contributed by atoms with van der Waals surface area (Å²) in [5.41, 5.74) is 7.15. The van der Waals surface area contributed by atoms with E-state index < -0.39 is 0 Å². The SMILES string of the molecule is Cc1nn(C)c(CC(=O)CCC(C)N)c1Cl. The summed E-state index contributed by atoms with van der Waals surface area (Å²) in [6.45, 7) is 3.73. The van der Waals surface area contributed by atoms with E-state index in [2.05, 4.69) is 5.10 Å². The van der Waals surface area contributed by atoms with Gasteiger partial charge in [0.2, 0.25) is 0 Å². The Morgan fingerprint density at radius 2 is 2.25 bits per heavy atom. The average Bonchev–Trinajstić information content (AvgIpc) is 2.42. The van der Waals surface area contributed by atoms with Gasteiger partial charge in [-0.05, 0) is 20.3 Å². The summed E-state index contributed by atoms with van der Waals surface area (Å²) in [6.07, 6.45) is 1.55. The molecule has 90 valence electrons. The van der Waals surface area contributed by atoms with Crippen LogP contribution in [0.15, 0.2) is 0 Å². The topological polar surface area (TPSA) is 60.9 Å². The fraction of sp³-hybridized carbons (Fsp3) is 0.636. The quantitative estimate of drug-likeness (QED) is 0.855. The van der Waals surface area contributed by atoms with E-state index in [4.69, 9.17) is 17.3 Å². The zero-order valence-corrected chi connectivity index (χ0v) is 10.7. The molecule has 0 aromatic carbocycles. The van der Waals surface area contributed by atoms with E-state index >= 15 is 0 Å². The lowest BCUT2D eigenvalue weighted by atomic mass is 10.1. The van der Waals surface area contributed by atoms with Crippen LogP contribution in [0.1, 0.15) is 31.2 Å². The molecule has 0 spiro atoms. The number of ketones is 1. The molecule has 0 aliphatic rings. The van der Waals surface area contributed by atoms with Gasteiger partial charge in [0.25, 0.3) is 0 Å². The van der Waals surface area contributed by atoms with Crippen LogP contribution in [-0.2, 0) is 18.3 Å². The maximum absolute atomic E-state index is 11.7. The Kier molecular flexibility index (Phi) is 4.50. The molecule has 2 N–H and O–H groups in total. The molecule has 1 rings (SSSR count). The van der Waals surface area contributed by atoms with Crippen molar-refractivity contribution in [2.24, 2.45) is 12.8 Å². The third-order valence-corrected chi connectivity index (χ3v) is 3.00. The second-order valence-electron chi connectivity index (χ2n) is 4.20. The van der Waals surface area contributed by atoms with Crippen molar-refractivity contribution in [2.45, 2.75) is 39.2 Å². The first kappa shape index (κ1) is 13.2. The summed E-state index contributed by atoms with van der Waals surface area (Å²) in [5, 5.41) is 4.76. The van der Waals surface area contributed by atoms with Crippen molar-refractivity contribution < 1.29 is 4.79 Å². The van der Waals surface area contributed by atoms with Crippen LogP contribution in [0.4, 0.5) is 0 Å². The average molecular weight is 244 g/mol. The maximum Gasteiger partial charge on any atom is 0.138 e. The lowest BCUT2D eigenvalue weighted by Crippen LogP contribution is -2.17. The van der Waals surface area contributed by atoms with E-state index in [1.54, 1.807) is 11.7 Å². The van der Waals surface area contributed by atoms with Gasteiger partial charge in [0, 0.05) is 25.9 Å². The molecule has 0 fully saturated rings. The molecule has 16 heavy (non-hydrogen) atoms. The van der Waals surface area contributed by atoms with Gasteiger partial charge in [0.05, 0.1) is 16.4 Å². The molecule has 0 saturated carbocycles. The Bertz CT molecular complexity index is 385. The number of hydrogen-bond acceptors (Lipinski definition) is 3. The van der Waals surface area contributed by atoms with Crippen LogP contribution < -0.4 is 5.73 Å². The van der Waals surface area contributed by atoms with Gasteiger partial charge in [-0.15, -0.1) is 0 Å². The molecule has 1 atom stereocenters. The summed E-state index contributed by atoms with van der Waals surface area (Å²) in [7, 11) is 1.80. The van der Waals surface area contributed by atoms with Gasteiger partial charge in [0.15, 0.2) is 0 Å². The van der Waals surface area contributed by atoms with Gasteiger partial charge < -0.3 is 5.73 Å². The Morgan fingerprint density at radius 1 is 1.62 bits per heavy atom. The number of nitrogens with zero attached hydrogens (tertiary/aromatic N) is 2. The Labute approximate surface area is 101 Å². The van der Waals surface area contributed by atoms with E-state index in [-0.39, 0.29) is 11.8 Å². The van der Waals surface area contributed by atoms with Crippen LogP contribution in [0.5, 0.6) is 0 Å². The number of rotatable bonds is 5.